The van der Waals surface area contributed by atoms with Crippen LogP contribution in [0.2, 0.25) is 0 Å². The minimum Gasteiger partial charge on any atom is -0.368 e. The van der Waals surface area contributed by atoms with Gasteiger partial charge in [-0.3, -0.25) is 9.59 Å². The van der Waals surface area contributed by atoms with Crippen molar-refractivity contribution in [1.29, 1.82) is 0 Å². The first kappa shape index (κ1) is 24.8. The van der Waals surface area contributed by atoms with Crippen molar-refractivity contribution >= 4 is 23.2 Å². The molecule has 178 valence electrons. The van der Waals surface area contributed by atoms with Crippen LogP contribution in [0.3, 0.4) is 0 Å². The third-order valence-corrected chi connectivity index (χ3v) is 6.40. The van der Waals surface area contributed by atoms with E-state index in [4.69, 9.17) is 0 Å². The molecule has 0 radical (unpaired) electrons. The highest BCUT2D eigenvalue weighted by Gasteiger charge is 2.20. The summed E-state index contributed by atoms with van der Waals surface area (Å²) in [4.78, 5) is 29.1. The first-order valence-electron chi connectivity index (χ1n) is 12.6. The molecular formula is C28H39N3O2. The van der Waals surface area contributed by atoms with Gasteiger partial charge in [0.25, 0.3) is 5.91 Å². The molecule has 5 nitrogen and oxygen atoms in total. The molecule has 1 aliphatic heterocycles. The number of aryl methyl sites for hydroxylation is 1. The monoisotopic (exact) mass is 449 g/mol. The molecule has 33 heavy (non-hydrogen) atoms. The molecule has 2 amide bonds. The Labute approximate surface area is 199 Å². The topological polar surface area (TPSA) is 52.7 Å². The average molecular weight is 450 g/mol. The minimum atomic E-state index is -0.0838. The van der Waals surface area contributed by atoms with Crippen molar-refractivity contribution in [2.45, 2.75) is 65.2 Å². The summed E-state index contributed by atoms with van der Waals surface area (Å²) in [7, 11) is 0. The number of anilines is 2. The Hall–Kier alpha value is -2.82. The number of hydrogen-bond acceptors (Lipinski definition) is 3. The Morgan fingerprint density at radius 2 is 1.45 bits per heavy atom. The van der Waals surface area contributed by atoms with Crippen LogP contribution in [0.25, 0.3) is 0 Å². The number of unbranched alkanes of at least 4 members (excludes halogenated alkanes) is 4. The van der Waals surface area contributed by atoms with Crippen LogP contribution in [-0.4, -0.2) is 42.9 Å². The van der Waals surface area contributed by atoms with Crippen molar-refractivity contribution < 1.29 is 9.59 Å². The summed E-state index contributed by atoms with van der Waals surface area (Å²) >= 11 is 0. The molecule has 0 saturated carbocycles. The maximum atomic E-state index is 12.6. The van der Waals surface area contributed by atoms with Crippen molar-refractivity contribution in [3.63, 3.8) is 0 Å². The molecule has 0 bridgehead atoms. The number of piperazine rings is 1. The normalized spacial score (nSPS) is 13.8. The largest absolute Gasteiger partial charge is 0.368 e. The zero-order chi connectivity index (χ0) is 23.5. The molecule has 1 aliphatic rings. The van der Waals surface area contributed by atoms with E-state index in [-0.39, 0.29) is 11.8 Å². The van der Waals surface area contributed by atoms with Crippen LogP contribution in [0, 0.1) is 0 Å². The van der Waals surface area contributed by atoms with Gasteiger partial charge in [0, 0.05) is 49.5 Å². The summed E-state index contributed by atoms with van der Waals surface area (Å²) in [6, 6.07) is 16.0. The smallest absolute Gasteiger partial charge is 0.255 e. The molecule has 0 unspecified atom stereocenters. The highest BCUT2D eigenvalue weighted by atomic mass is 16.2. The highest BCUT2D eigenvalue weighted by Crippen LogP contribution is 2.21. The van der Waals surface area contributed by atoms with Crippen LogP contribution in [0.4, 0.5) is 11.4 Å². The van der Waals surface area contributed by atoms with Crippen molar-refractivity contribution in [2.75, 3.05) is 36.4 Å². The lowest BCUT2D eigenvalue weighted by molar-refractivity contribution is -0.131. The van der Waals surface area contributed by atoms with E-state index in [1.807, 2.05) is 41.3 Å². The molecule has 1 fully saturated rings. The van der Waals surface area contributed by atoms with Gasteiger partial charge in [0.2, 0.25) is 5.91 Å². The van der Waals surface area contributed by atoms with Crippen LogP contribution in [-0.2, 0) is 11.2 Å². The lowest BCUT2D eigenvalue weighted by Crippen LogP contribution is -2.48. The van der Waals surface area contributed by atoms with E-state index in [2.05, 4.69) is 36.2 Å². The lowest BCUT2D eigenvalue weighted by Gasteiger charge is -2.36. The second-order valence-corrected chi connectivity index (χ2v) is 8.98. The van der Waals surface area contributed by atoms with E-state index in [9.17, 15) is 9.59 Å². The number of carbonyl (C=O) groups excluding carboxylic acids is 2. The summed E-state index contributed by atoms with van der Waals surface area (Å²) < 4.78 is 0. The Morgan fingerprint density at radius 3 is 2.09 bits per heavy atom. The van der Waals surface area contributed by atoms with Gasteiger partial charge in [-0.1, -0.05) is 51.7 Å². The Morgan fingerprint density at radius 1 is 0.788 bits per heavy atom. The SMILES string of the molecule is CCCCCCc1ccc(C(=O)Nc2ccc(N3CCN(C(=O)CCCC)CC3)cc2)cc1. The van der Waals surface area contributed by atoms with Crippen LogP contribution < -0.4 is 10.2 Å². The summed E-state index contributed by atoms with van der Waals surface area (Å²) in [5.41, 5.74) is 3.89. The van der Waals surface area contributed by atoms with Gasteiger partial charge in [-0.15, -0.1) is 0 Å². The molecule has 1 heterocycles. The van der Waals surface area contributed by atoms with Gasteiger partial charge in [0.1, 0.15) is 0 Å². The van der Waals surface area contributed by atoms with Crippen LogP contribution >= 0.6 is 0 Å². The first-order valence-corrected chi connectivity index (χ1v) is 12.6. The maximum Gasteiger partial charge on any atom is 0.255 e. The van der Waals surface area contributed by atoms with Crippen molar-refractivity contribution in [3.05, 3.63) is 59.7 Å². The quantitative estimate of drug-likeness (QED) is 0.435. The third kappa shape index (κ3) is 7.62. The molecule has 3 rings (SSSR count). The number of carbonyl (C=O) groups is 2. The molecule has 1 N–H and O–H groups in total. The Kier molecular flexibility index (Phi) is 9.79. The average Bonchev–Trinajstić information content (AvgIpc) is 2.86. The maximum absolute atomic E-state index is 12.6. The summed E-state index contributed by atoms with van der Waals surface area (Å²) in [5, 5.41) is 3.00. The first-order chi connectivity index (χ1) is 16.1. The van der Waals surface area contributed by atoms with Crippen LogP contribution in [0.5, 0.6) is 0 Å². The number of hydrogen-bond donors (Lipinski definition) is 1. The van der Waals surface area contributed by atoms with Gasteiger partial charge in [0.05, 0.1) is 0 Å². The zero-order valence-corrected chi connectivity index (χ0v) is 20.3. The van der Waals surface area contributed by atoms with E-state index in [1.54, 1.807) is 0 Å². The van der Waals surface area contributed by atoms with Gasteiger partial charge in [0.15, 0.2) is 0 Å². The predicted molar refractivity (Wildman–Crippen MR) is 137 cm³/mol. The van der Waals surface area contributed by atoms with E-state index in [1.165, 1.54) is 31.2 Å². The van der Waals surface area contributed by atoms with Gasteiger partial charge in [-0.25, -0.2) is 0 Å². The van der Waals surface area contributed by atoms with Gasteiger partial charge < -0.3 is 15.1 Å². The van der Waals surface area contributed by atoms with Crippen LogP contribution in [0.1, 0.15) is 74.7 Å². The summed E-state index contributed by atoms with van der Waals surface area (Å²) in [5.74, 6) is 0.193. The Bertz CT molecular complexity index is 869. The third-order valence-electron chi connectivity index (χ3n) is 6.40. The molecule has 0 aromatic heterocycles. The molecule has 2 aromatic rings. The fraction of sp³-hybridized carbons (Fsp3) is 0.500. The number of amides is 2. The fourth-order valence-corrected chi connectivity index (χ4v) is 4.24. The second-order valence-electron chi connectivity index (χ2n) is 8.98. The van der Waals surface area contributed by atoms with Crippen molar-refractivity contribution in [2.24, 2.45) is 0 Å². The van der Waals surface area contributed by atoms with Gasteiger partial charge >= 0.3 is 0 Å². The fourth-order valence-electron chi connectivity index (χ4n) is 4.24. The van der Waals surface area contributed by atoms with Crippen molar-refractivity contribution in [3.8, 4) is 0 Å². The minimum absolute atomic E-state index is 0.0838. The zero-order valence-electron chi connectivity index (χ0n) is 20.3. The molecular weight excluding hydrogens is 410 g/mol. The standard InChI is InChI=1S/C28H39N3O2/c1-3-5-7-8-9-23-11-13-24(14-12-23)28(33)29-25-15-17-26(18-16-25)30-19-21-31(22-20-30)27(32)10-6-4-2/h11-18H,3-10,19-22H2,1-2H3,(H,29,33). The van der Waals surface area contributed by atoms with E-state index in [0.717, 1.165) is 56.8 Å². The highest BCUT2D eigenvalue weighted by molar-refractivity contribution is 6.04. The van der Waals surface area contributed by atoms with E-state index < -0.39 is 0 Å². The van der Waals surface area contributed by atoms with E-state index in [0.29, 0.717) is 12.0 Å². The second kappa shape index (κ2) is 13.0. The number of nitrogens with zero attached hydrogens (tertiary/aromatic N) is 2. The molecule has 2 aromatic carbocycles. The summed E-state index contributed by atoms with van der Waals surface area (Å²) in [6.07, 6.45) is 8.76. The lowest BCUT2D eigenvalue weighted by atomic mass is 10.0. The predicted octanol–water partition coefficient (Wildman–Crippen LogP) is 5.90. The van der Waals surface area contributed by atoms with Gasteiger partial charge in [-0.05, 0) is 61.2 Å². The molecule has 0 aliphatic carbocycles. The molecule has 0 atom stereocenters. The molecule has 0 spiro atoms. The molecule has 1 saturated heterocycles. The van der Waals surface area contributed by atoms with Crippen molar-refractivity contribution in [1.82, 2.24) is 4.90 Å². The van der Waals surface area contributed by atoms with E-state index >= 15 is 0 Å². The summed E-state index contributed by atoms with van der Waals surface area (Å²) in [6.45, 7) is 7.57. The number of nitrogens with one attached hydrogen (secondary N) is 1. The molecule has 5 heteroatoms. The van der Waals surface area contributed by atoms with Gasteiger partial charge in [-0.2, -0.15) is 0 Å². The number of benzene rings is 2. The Balaban J connectivity index is 1.46. The van der Waals surface area contributed by atoms with Crippen LogP contribution in [0.15, 0.2) is 48.5 Å². The number of rotatable bonds is 11.